The molecule has 0 aliphatic carbocycles. The summed E-state index contributed by atoms with van der Waals surface area (Å²) in [6.07, 6.45) is 8.07. The minimum absolute atomic E-state index is 0.286. The fraction of sp³-hybridized carbons (Fsp3) is 0.350. The molecule has 3 aromatic rings. The maximum absolute atomic E-state index is 14.5. The topological polar surface area (TPSA) is 72.1 Å². The summed E-state index contributed by atoms with van der Waals surface area (Å²) in [6, 6.07) is 7.10. The summed E-state index contributed by atoms with van der Waals surface area (Å²) in [5, 5.41) is 10.7. The Kier molecular flexibility index (Phi) is 6.78. The Balaban J connectivity index is 1.57. The van der Waals surface area contributed by atoms with Crippen LogP contribution in [0.15, 0.2) is 54.0 Å². The summed E-state index contributed by atoms with van der Waals surface area (Å²) < 4.78 is 18.1. The van der Waals surface area contributed by atoms with Gasteiger partial charge in [-0.2, -0.15) is 5.10 Å². The van der Waals surface area contributed by atoms with Gasteiger partial charge in [0, 0.05) is 44.4 Å². The molecule has 0 amide bonds. The quantitative estimate of drug-likeness (QED) is 0.356. The van der Waals surface area contributed by atoms with Crippen molar-refractivity contribution in [3.8, 4) is 5.69 Å². The highest BCUT2D eigenvalue weighted by molar-refractivity contribution is 5.79. The fourth-order valence-electron chi connectivity index (χ4n) is 2.87. The molecule has 0 fully saturated rings. The molecule has 0 aliphatic heterocycles. The van der Waals surface area contributed by atoms with E-state index >= 15 is 0 Å². The monoisotopic (exact) mass is 383 g/mol. The third-order valence-corrected chi connectivity index (χ3v) is 4.28. The highest BCUT2D eigenvalue weighted by Crippen LogP contribution is 2.17. The van der Waals surface area contributed by atoms with Crippen molar-refractivity contribution in [3.05, 3.63) is 66.3 Å². The summed E-state index contributed by atoms with van der Waals surface area (Å²) in [5.74, 6) is 1.18. The molecule has 0 atom stereocenters. The molecule has 8 heteroatoms. The van der Waals surface area contributed by atoms with Crippen LogP contribution in [0.5, 0.6) is 0 Å². The first-order chi connectivity index (χ1) is 13.7. The maximum Gasteiger partial charge on any atom is 0.191 e. The van der Waals surface area contributed by atoms with Crippen molar-refractivity contribution in [3.63, 3.8) is 0 Å². The number of nitrogens with zero attached hydrogens (tertiary/aromatic N) is 5. The first kappa shape index (κ1) is 19.6. The zero-order valence-corrected chi connectivity index (χ0v) is 16.3. The second kappa shape index (κ2) is 9.68. The molecular formula is C20H26FN7. The molecule has 2 aromatic heterocycles. The number of aliphatic imine (C=N–C) groups is 1. The predicted molar refractivity (Wildman–Crippen MR) is 108 cm³/mol. The van der Waals surface area contributed by atoms with Crippen LogP contribution in [-0.2, 0) is 13.1 Å². The van der Waals surface area contributed by atoms with Gasteiger partial charge in [0.25, 0.3) is 0 Å². The molecule has 3 rings (SSSR count). The first-order valence-electron chi connectivity index (χ1n) is 9.45. The van der Waals surface area contributed by atoms with Crippen LogP contribution >= 0.6 is 0 Å². The Bertz CT molecular complexity index is 899. The van der Waals surface area contributed by atoms with E-state index in [1.54, 1.807) is 29.2 Å². The molecule has 0 radical (unpaired) electrons. The molecule has 148 valence electrons. The second-order valence-corrected chi connectivity index (χ2v) is 6.37. The van der Waals surface area contributed by atoms with Crippen molar-refractivity contribution in [2.24, 2.45) is 4.99 Å². The molecule has 0 unspecified atom stereocenters. The summed E-state index contributed by atoms with van der Waals surface area (Å²) >= 11 is 0. The molecule has 0 spiro atoms. The van der Waals surface area contributed by atoms with E-state index in [2.05, 4.69) is 25.7 Å². The van der Waals surface area contributed by atoms with Gasteiger partial charge in [-0.1, -0.05) is 6.07 Å². The van der Waals surface area contributed by atoms with Gasteiger partial charge in [0.15, 0.2) is 5.96 Å². The van der Waals surface area contributed by atoms with Crippen LogP contribution in [0.3, 0.4) is 0 Å². The number of halogens is 1. The number of aromatic nitrogens is 4. The lowest BCUT2D eigenvalue weighted by Gasteiger charge is -2.12. The van der Waals surface area contributed by atoms with Gasteiger partial charge in [-0.05, 0) is 44.0 Å². The van der Waals surface area contributed by atoms with E-state index in [1.807, 2.05) is 36.9 Å². The van der Waals surface area contributed by atoms with Crippen molar-refractivity contribution < 1.29 is 4.39 Å². The number of imidazole rings is 1. The van der Waals surface area contributed by atoms with Crippen LogP contribution in [0.2, 0.25) is 0 Å². The lowest BCUT2D eigenvalue weighted by molar-refractivity contribution is 0.570. The molecule has 0 saturated heterocycles. The van der Waals surface area contributed by atoms with Gasteiger partial charge in [0.2, 0.25) is 0 Å². The molecule has 0 bridgehead atoms. The molecule has 28 heavy (non-hydrogen) atoms. The third-order valence-electron chi connectivity index (χ3n) is 4.28. The molecule has 1 aromatic carbocycles. The van der Waals surface area contributed by atoms with E-state index < -0.39 is 0 Å². The van der Waals surface area contributed by atoms with Gasteiger partial charge in [0.1, 0.15) is 11.6 Å². The summed E-state index contributed by atoms with van der Waals surface area (Å²) in [6.45, 7) is 6.65. The Morgan fingerprint density at radius 2 is 2.11 bits per heavy atom. The van der Waals surface area contributed by atoms with Gasteiger partial charge in [0.05, 0.1) is 12.2 Å². The average molecular weight is 383 g/mol. The van der Waals surface area contributed by atoms with Gasteiger partial charge >= 0.3 is 0 Å². The molecule has 0 aliphatic rings. The average Bonchev–Trinajstić information content (AvgIpc) is 3.35. The minimum Gasteiger partial charge on any atom is -0.357 e. The molecule has 7 nitrogen and oxygen atoms in total. The van der Waals surface area contributed by atoms with E-state index in [9.17, 15) is 4.39 Å². The molecule has 2 N–H and O–H groups in total. The van der Waals surface area contributed by atoms with Crippen molar-refractivity contribution in [1.29, 1.82) is 0 Å². The lowest BCUT2D eigenvalue weighted by atomic mass is 10.2. The first-order valence-corrected chi connectivity index (χ1v) is 9.45. The van der Waals surface area contributed by atoms with Gasteiger partial charge < -0.3 is 15.2 Å². The van der Waals surface area contributed by atoms with Crippen LogP contribution in [0.4, 0.5) is 4.39 Å². The Hall–Kier alpha value is -3.16. The van der Waals surface area contributed by atoms with E-state index in [1.165, 1.54) is 6.07 Å². The smallest absolute Gasteiger partial charge is 0.191 e. The molecule has 0 saturated carbocycles. The normalized spacial score (nSPS) is 11.6. The van der Waals surface area contributed by atoms with Crippen LogP contribution < -0.4 is 10.6 Å². The van der Waals surface area contributed by atoms with Crippen molar-refractivity contribution in [2.75, 3.05) is 13.1 Å². The lowest BCUT2D eigenvalue weighted by Crippen LogP contribution is -2.38. The highest BCUT2D eigenvalue weighted by Gasteiger charge is 2.08. The fourth-order valence-corrected chi connectivity index (χ4v) is 2.87. The van der Waals surface area contributed by atoms with E-state index in [0.717, 1.165) is 43.4 Å². The third kappa shape index (κ3) is 5.18. The van der Waals surface area contributed by atoms with Crippen molar-refractivity contribution in [1.82, 2.24) is 30.0 Å². The van der Waals surface area contributed by atoms with Crippen molar-refractivity contribution >= 4 is 5.96 Å². The zero-order chi connectivity index (χ0) is 19.8. The van der Waals surface area contributed by atoms with E-state index in [0.29, 0.717) is 12.2 Å². The summed E-state index contributed by atoms with van der Waals surface area (Å²) in [5.41, 5.74) is 1.30. The number of guanidine groups is 1. The van der Waals surface area contributed by atoms with Gasteiger partial charge in [-0.15, -0.1) is 0 Å². The number of aryl methyl sites for hydroxylation is 2. The second-order valence-electron chi connectivity index (χ2n) is 6.37. The number of hydrogen-bond acceptors (Lipinski definition) is 3. The summed E-state index contributed by atoms with van der Waals surface area (Å²) in [4.78, 5) is 8.70. The predicted octanol–water partition coefficient (Wildman–Crippen LogP) is 2.66. The van der Waals surface area contributed by atoms with Crippen LogP contribution in [0, 0.1) is 12.7 Å². The zero-order valence-electron chi connectivity index (χ0n) is 16.3. The van der Waals surface area contributed by atoms with Crippen LogP contribution in [0.25, 0.3) is 5.69 Å². The Morgan fingerprint density at radius 1 is 1.21 bits per heavy atom. The van der Waals surface area contributed by atoms with Gasteiger partial charge in [-0.25, -0.2) is 14.4 Å². The number of rotatable bonds is 8. The highest BCUT2D eigenvalue weighted by atomic mass is 19.1. The summed E-state index contributed by atoms with van der Waals surface area (Å²) in [7, 11) is 0. The molecule has 2 heterocycles. The largest absolute Gasteiger partial charge is 0.357 e. The number of nitrogens with one attached hydrogen (secondary N) is 2. The van der Waals surface area contributed by atoms with Crippen LogP contribution in [-0.4, -0.2) is 38.4 Å². The Labute approximate surface area is 164 Å². The minimum atomic E-state index is -0.286. The van der Waals surface area contributed by atoms with Crippen molar-refractivity contribution in [2.45, 2.75) is 33.4 Å². The van der Waals surface area contributed by atoms with Gasteiger partial charge in [-0.3, -0.25) is 4.68 Å². The standard InChI is InChI=1S/C20H26FN7/c1-3-22-20(24-8-4-11-27-12-5-9-26-27)25-15-17-6-7-19(18(21)14-17)28-13-10-23-16(28)2/h5-7,9-10,12-14H,3-4,8,11,15H2,1-2H3,(H2,22,24,25). The van der Waals surface area contributed by atoms with E-state index in [4.69, 9.17) is 0 Å². The van der Waals surface area contributed by atoms with E-state index in [-0.39, 0.29) is 5.82 Å². The Morgan fingerprint density at radius 3 is 2.79 bits per heavy atom. The molecular weight excluding hydrogens is 357 g/mol. The maximum atomic E-state index is 14.5. The number of benzene rings is 1. The van der Waals surface area contributed by atoms with Crippen LogP contribution in [0.1, 0.15) is 24.7 Å². The number of hydrogen-bond donors (Lipinski definition) is 2. The SMILES string of the molecule is CCNC(=NCc1ccc(-n2ccnc2C)c(F)c1)NCCCn1cccn1.